The Morgan fingerprint density at radius 1 is 1.26 bits per heavy atom. The van der Waals surface area contributed by atoms with Crippen molar-refractivity contribution in [1.29, 1.82) is 0 Å². The molecular formula is C16H20N2O. The van der Waals surface area contributed by atoms with Crippen LogP contribution in [-0.4, -0.2) is 33.3 Å². The van der Waals surface area contributed by atoms with Crippen molar-refractivity contribution in [3.05, 3.63) is 36.4 Å². The third-order valence-electron chi connectivity index (χ3n) is 3.93. The van der Waals surface area contributed by atoms with Crippen LogP contribution >= 0.6 is 0 Å². The summed E-state index contributed by atoms with van der Waals surface area (Å²) in [6, 6.07) is 13.2. The highest BCUT2D eigenvalue weighted by Gasteiger charge is 2.25. The highest BCUT2D eigenvalue weighted by molar-refractivity contribution is 5.94. The van der Waals surface area contributed by atoms with E-state index in [1.807, 2.05) is 7.05 Å². The SMILES string of the molecule is CNCCC1COc2c(ccc3ccccc23)N1C. The minimum atomic E-state index is 0.445. The molecule has 2 aromatic carbocycles. The number of nitrogens with one attached hydrogen (secondary N) is 1. The highest BCUT2D eigenvalue weighted by atomic mass is 16.5. The summed E-state index contributed by atoms with van der Waals surface area (Å²) in [7, 11) is 4.15. The van der Waals surface area contributed by atoms with E-state index in [2.05, 4.69) is 53.7 Å². The Hall–Kier alpha value is -1.74. The number of hydrogen-bond acceptors (Lipinski definition) is 3. The molecule has 1 heterocycles. The van der Waals surface area contributed by atoms with Crippen molar-refractivity contribution in [1.82, 2.24) is 5.32 Å². The number of anilines is 1. The first-order chi connectivity index (χ1) is 9.31. The Morgan fingerprint density at radius 3 is 2.95 bits per heavy atom. The lowest BCUT2D eigenvalue weighted by Crippen LogP contribution is -2.41. The van der Waals surface area contributed by atoms with Crippen molar-refractivity contribution in [2.75, 3.05) is 32.1 Å². The van der Waals surface area contributed by atoms with Crippen LogP contribution in [0.15, 0.2) is 36.4 Å². The highest BCUT2D eigenvalue weighted by Crippen LogP contribution is 2.39. The van der Waals surface area contributed by atoms with Gasteiger partial charge in [-0.05, 0) is 31.5 Å². The maximum atomic E-state index is 6.05. The minimum absolute atomic E-state index is 0.445. The van der Waals surface area contributed by atoms with Gasteiger partial charge in [0.05, 0.1) is 11.7 Å². The topological polar surface area (TPSA) is 24.5 Å². The molecule has 3 heteroatoms. The molecule has 1 aliphatic heterocycles. The third kappa shape index (κ3) is 2.15. The zero-order valence-electron chi connectivity index (χ0n) is 11.5. The minimum Gasteiger partial charge on any atom is -0.489 e. The Labute approximate surface area is 114 Å². The fourth-order valence-electron chi connectivity index (χ4n) is 2.74. The molecule has 19 heavy (non-hydrogen) atoms. The van der Waals surface area contributed by atoms with Crippen molar-refractivity contribution in [3.63, 3.8) is 0 Å². The molecule has 0 fully saturated rings. The van der Waals surface area contributed by atoms with Gasteiger partial charge in [-0.15, -0.1) is 0 Å². The van der Waals surface area contributed by atoms with Crippen molar-refractivity contribution < 1.29 is 4.74 Å². The molecule has 0 saturated carbocycles. The van der Waals surface area contributed by atoms with Crippen LogP contribution in [0, 0.1) is 0 Å². The Bertz CT molecular complexity index is 582. The van der Waals surface area contributed by atoms with Crippen LogP contribution in [-0.2, 0) is 0 Å². The fourth-order valence-corrected chi connectivity index (χ4v) is 2.74. The van der Waals surface area contributed by atoms with E-state index < -0.39 is 0 Å². The number of rotatable bonds is 3. The van der Waals surface area contributed by atoms with Gasteiger partial charge in [0.1, 0.15) is 6.61 Å². The normalized spacial score (nSPS) is 18.2. The lowest BCUT2D eigenvalue weighted by molar-refractivity contribution is 0.263. The summed E-state index contributed by atoms with van der Waals surface area (Å²) in [6.07, 6.45) is 1.10. The van der Waals surface area contributed by atoms with Crippen LogP contribution in [0.5, 0.6) is 5.75 Å². The van der Waals surface area contributed by atoms with E-state index >= 15 is 0 Å². The first-order valence-corrected chi connectivity index (χ1v) is 6.83. The van der Waals surface area contributed by atoms with Gasteiger partial charge in [0, 0.05) is 12.4 Å². The number of hydrogen-bond donors (Lipinski definition) is 1. The van der Waals surface area contributed by atoms with E-state index in [0.717, 1.165) is 25.3 Å². The molecule has 0 aliphatic carbocycles. The Balaban J connectivity index is 1.98. The summed E-state index contributed by atoms with van der Waals surface area (Å²) in [5, 5.41) is 5.65. The number of nitrogens with zero attached hydrogens (tertiary/aromatic N) is 1. The van der Waals surface area contributed by atoms with E-state index in [1.165, 1.54) is 16.5 Å². The molecule has 0 aromatic heterocycles. The lowest BCUT2D eigenvalue weighted by atomic mass is 10.0. The molecule has 1 atom stereocenters. The van der Waals surface area contributed by atoms with E-state index in [1.54, 1.807) is 0 Å². The van der Waals surface area contributed by atoms with Crippen LogP contribution in [0.3, 0.4) is 0 Å². The van der Waals surface area contributed by atoms with E-state index in [0.29, 0.717) is 6.04 Å². The van der Waals surface area contributed by atoms with Crippen LogP contribution in [0.25, 0.3) is 10.8 Å². The second kappa shape index (κ2) is 5.10. The van der Waals surface area contributed by atoms with Crippen molar-refractivity contribution >= 4 is 16.5 Å². The number of benzene rings is 2. The summed E-state index contributed by atoms with van der Waals surface area (Å²) < 4.78 is 6.05. The van der Waals surface area contributed by atoms with Gasteiger partial charge in [0.25, 0.3) is 0 Å². The molecule has 3 rings (SSSR count). The second-order valence-corrected chi connectivity index (χ2v) is 5.10. The molecule has 0 bridgehead atoms. The van der Waals surface area contributed by atoms with E-state index in [-0.39, 0.29) is 0 Å². The number of fused-ring (bicyclic) bond motifs is 3. The summed E-state index contributed by atoms with van der Waals surface area (Å²) in [4.78, 5) is 2.35. The van der Waals surface area contributed by atoms with Gasteiger partial charge in [-0.1, -0.05) is 30.3 Å². The molecule has 3 nitrogen and oxygen atoms in total. The average Bonchev–Trinajstić information content (AvgIpc) is 2.46. The first kappa shape index (κ1) is 12.3. The fraction of sp³-hybridized carbons (Fsp3) is 0.375. The third-order valence-corrected chi connectivity index (χ3v) is 3.93. The monoisotopic (exact) mass is 256 g/mol. The molecule has 2 aromatic rings. The largest absolute Gasteiger partial charge is 0.489 e. The van der Waals surface area contributed by atoms with Crippen LogP contribution in [0.1, 0.15) is 6.42 Å². The van der Waals surface area contributed by atoms with Gasteiger partial charge < -0.3 is 15.0 Å². The Kier molecular flexibility index (Phi) is 3.30. The molecule has 1 N–H and O–H groups in total. The van der Waals surface area contributed by atoms with Crippen LogP contribution < -0.4 is 15.0 Å². The van der Waals surface area contributed by atoms with Gasteiger partial charge >= 0.3 is 0 Å². The maximum Gasteiger partial charge on any atom is 0.150 e. The maximum absolute atomic E-state index is 6.05. The van der Waals surface area contributed by atoms with Crippen molar-refractivity contribution in [2.45, 2.75) is 12.5 Å². The van der Waals surface area contributed by atoms with Gasteiger partial charge in [-0.3, -0.25) is 0 Å². The van der Waals surface area contributed by atoms with Crippen LogP contribution in [0.2, 0.25) is 0 Å². The van der Waals surface area contributed by atoms with Gasteiger partial charge in [-0.2, -0.15) is 0 Å². The van der Waals surface area contributed by atoms with E-state index in [4.69, 9.17) is 4.74 Å². The molecule has 1 unspecified atom stereocenters. The zero-order chi connectivity index (χ0) is 13.2. The molecule has 0 spiro atoms. The second-order valence-electron chi connectivity index (χ2n) is 5.10. The van der Waals surface area contributed by atoms with Gasteiger partial charge in [0.2, 0.25) is 0 Å². The number of likely N-dealkylation sites (N-methyl/N-ethyl adjacent to an activating group) is 1. The summed E-state index contributed by atoms with van der Waals surface area (Å²) in [5.74, 6) is 1.03. The summed E-state index contributed by atoms with van der Waals surface area (Å²) in [6.45, 7) is 1.78. The Morgan fingerprint density at radius 2 is 2.11 bits per heavy atom. The van der Waals surface area contributed by atoms with Crippen molar-refractivity contribution in [2.24, 2.45) is 0 Å². The molecular weight excluding hydrogens is 236 g/mol. The van der Waals surface area contributed by atoms with E-state index in [9.17, 15) is 0 Å². The lowest BCUT2D eigenvalue weighted by Gasteiger charge is -2.36. The standard InChI is InChI=1S/C16H20N2O/c1-17-10-9-13-11-19-16-14-6-4-3-5-12(14)7-8-15(16)18(13)2/h3-8,13,17H,9-11H2,1-2H3. The quantitative estimate of drug-likeness (QED) is 0.913. The summed E-state index contributed by atoms with van der Waals surface area (Å²) in [5.41, 5.74) is 1.20. The van der Waals surface area contributed by atoms with Crippen LogP contribution in [0.4, 0.5) is 5.69 Å². The van der Waals surface area contributed by atoms with Crippen molar-refractivity contribution in [3.8, 4) is 5.75 Å². The van der Waals surface area contributed by atoms with Gasteiger partial charge in [0.15, 0.2) is 5.75 Å². The zero-order valence-corrected chi connectivity index (χ0v) is 11.5. The molecule has 1 aliphatic rings. The first-order valence-electron chi connectivity index (χ1n) is 6.83. The molecule has 0 saturated heterocycles. The predicted molar refractivity (Wildman–Crippen MR) is 80.2 cm³/mol. The molecule has 100 valence electrons. The average molecular weight is 256 g/mol. The molecule has 0 amide bonds. The number of ether oxygens (including phenoxy) is 1. The smallest absolute Gasteiger partial charge is 0.150 e. The predicted octanol–water partition coefficient (Wildman–Crippen LogP) is 2.65. The summed E-state index contributed by atoms with van der Waals surface area (Å²) >= 11 is 0. The van der Waals surface area contributed by atoms with Gasteiger partial charge in [-0.25, -0.2) is 0 Å². The molecule has 0 radical (unpaired) electrons.